The minimum atomic E-state index is 0.173. The summed E-state index contributed by atoms with van der Waals surface area (Å²) in [4.78, 5) is 0. The van der Waals surface area contributed by atoms with Gasteiger partial charge in [0.1, 0.15) is 0 Å². The van der Waals surface area contributed by atoms with Crippen molar-refractivity contribution in [1.29, 1.82) is 0 Å². The van der Waals surface area contributed by atoms with Gasteiger partial charge in [-0.25, -0.2) is 0 Å². The first kappa shape index (κ1) is 17.8. The highest BCUT2D eigenvalue weighted by Crippen LogP contribution is 2.18. The van der Waals surface area contributed by atoms with Crippen LogP contribution in [0.5, 0.6) is 0 Å². The van der Waals surface area contributed by atoms with Crippen LogP contribution in [0.3, 0.4) is 0 Å². The van der Waals surface area contributed by atoms with Crippen LogP contribution in [0.4, 0.5) is 0 Å². The van der Waals surface area contributed by atoms with Crippen molar-refractivity contribution in [2.75, 3.05) is 39.5 Å². The number of hydrogen-bond acceptors (Lipinski definition) is 4. The zero-order valence-electron chi connectivity index (χ0n) is 12.6. The van der Waals surface area contributed by atoms with E-state index in [0.29, 0.717) is 26.3 Å². The molecule has 0 spiro atoms. The molecule has 0 rings (SSSR count). The molecule has 4 heteroatoms. The summed E-state index contributed by atoms with van der Waals surface area (Å²) in [5.74, 6) is 0. The Bertz CT molecular complexity index is 184. The third-order valence-corrected chi connectivity index (χ3v) is 3.32. The predicted molar refractivity (Wildman–Crippen MR) is 76.5 cm³/mol. The molecule has 0 aromatic carbocycles. The normalized spacial score (nSPS) is 13.0. The predicted octanol–water partition coefficient (Wildman–Crippen LogP) is 1.77. The second-order valence-electron chi connectivity index (χ2n) is 6.46. The lowest BCUT2D eigenvalue weighted by Gasteiger charge is -2.22. The van der Waals surface area contributed by atoms with Crippen LogP contribution >= 0.6 is 0 Å². The van der Waals surface area contributed by atoms with Crippen LogP contribution in [0.1, 0.15) is 40.5 Å². The van der Waals surface area contributed by atoms with E-state index in [1.807, 2.05) is 0 Å². The van der Waals surface area contributed by atoms with Crippen molar-refractivity contribution in [1.82, 2.24) is 0 Å². The minimum Gasteiger partial charge on any atom is -0.379 e. The van der Waals surface area contributed by atoms with Crippen molar-refractivity contribution < 1.29 is 9.47 Å². The van der Waals surface area contributed by atoms with Crippen molar-refractivity contribution in [2.24, 2.45) is 22.3 Å². The summed E-state index contributed by atoms with van der Waals surface area (Å²) in [7, 11) is 0. The number of rotatable bonds is 11. The van der Waals surface area contributed by atoms with Gasteiger partial charge in [-0.3, -0.25) is 0 Å². The smallest absolute Gasteiger partial charge is 0.0700 e. The Balaban J connectivity index is 3.32. The highest BCUT2D eigenvalue weighted by Gasteiger charge is 2.15. The molecule has 0 saturated heterocycles. The summed E-state index contributed by atoms with van der Waals surface area (Å²) in [6, 6.07) is 0. The molecule has 0 amide bonds. The standard InChI is InChI=1S/C14H32N2O2/c1-13(2,11-15)5-7-17-9-10-18-8-6-14(3,4)12-16/h5-12,15-16H2,1-4H3. The summed E-state index contributed by atoms with van der Waals surface area (Å²) in [5.41, 5.74) is 11.6. The molecule has 0 fully saturated rings. The monoisotopic (exact) mass is 260 g/mol. The van der Waals surface area contributed by atoms with E-state index < -0.39 is 0 Å². The Morgan fingerprint density at radius 2 is 1.00 bits per heavy atom. The fourth-order valence-electron chi connectivity index (χ4n) is 1.22. The van der Waals surface area contributed by atoms with Crippen molar-refractivity contribution in [3.05, 3.63) is 0 Å². The van der Waals surface area contributed by atoms with Gasteiger partial charge in [-0.1, -0.05) is 27.7 Å². The molecule has 0 aromatic heterocycles. The second-order valence-corrected chi connectivity index (χ2v) is 6.46. The maximum absolute atomic E-state index is 5.65. The molecule has 4 N–H and O–H groups in total. The fourth-order valence-corrected chi connectivity index (χ4v) is 1.22. The van der Waals surface area contributed by atoms with E-state index in [1.54, 1.807) is 0 Å². The first-order valence-electron chi connectivity index (χ1n) is 6.89. The van der Waals surface area contributed by atoms with Gasteiger partial charge in [-0.05, 0) is 36.8 Å². The second kappa shape index (κ2) is 8.86. The molecule has 0 heterocycles. The Labute approximate surface area is 112 Å². The summed E-state index contributed by atoms with van der Waals surface area (Å²) in [6.07, 6.45) is 1.98. The van der Waals surface area contributed by atoms with E-state index in [1.165, 1.54) is 0 Å². The minimum absolute atomic E-state index is 0.173. The van der Waals surface area contributed by atoms with E-state index in [2.05, 4.69) is 27.7 Å². The maximum atomic E-state index is 5.65. The molecular weight excluding hydrogens is 228 g/mol. The maximum Gasteiger partial charge on any atom is 0.0700 e. The Morgan fingerprint density at radius 3 is 1.28 bits per heavy atom. The van der Waals surface area contributed by atoms with Crippen LogP contribution in [-0.2, 0) is 9.47 Å². The number of ether oxygens (including phenoxy) is 2. The average molecular weight is 260 g/mol. The third kappa shape index (κ3) is 9.83. The first-order valence-corrected chi connectivity index (χ1v) is 6.89. The van der Waals surface area contributed by atoms with Gasteiger partial charge < -0.3 is 20.9 Å². The largest absolute Gasteiger partial charge is 0.379 e. The molecule has 0 aliphatic heterocycles. The molecule has 0 aliphatic carbocycles. The van der Waals surface area contributed by atoms with E-state index in [0.717, 1.165) is 26.1 Å². The van der Waals surface area contributed by atoms with Crippen LogP contribution < -0.4 is 11.5 Å². The van der Waals surface area contributed by atoms with E-state index in [4.69, 9.17) is 20.9 Å². The molecule has 0 radical (unpaired) electrons. The Hall–Kier alpha value is -0.160. The highest BCUT2D eigenvalue weighted by atomic mass is 16.5. The lowest BCUT2D eigenvalue weighted by Crippen LogP contribution is -2.26. The lowest BCUT2D eigenvalue weighted by molar-refractivity contribution is 0.0299. The first-order chi connectivity index (χ1) is 8.33. The van der Waals surface area contributed by atoms with E-state index in [-0.39, 0.29) is 10.8 Å². The molecule has 0 saturated carbocycles. The van der Waals surface area contributed by atoms with Crippen molar-refractivity contribution in [2.45, 2.75) is 40.5 Å². The number of nitrogens with two attached hydrogens (primary N) is 2. The molecular formula is C14H32N2O2. The van der Waals surface area contributed by atoms with Gasteiger partial charge in [0, 0.05) is 13.2 Å². The van der Waals surface area contributed by atoms with Gasteiger partial charge in [-0.15, -0.1) is 0 Å². The van der Waals surface area contributed by atoms with Crippen LogP contribution in [0, 0.1) is 10.8 Å². The zero-order valence-corrected chi connectivity index (χ0v) is 12.6. The van der Waals surface area contributed by atoms with Crippen LogP contribution in [0.2, 0.25) is 0 Å². The van der Waals surface area contributed by atoms with Gasteiger partial charge in [0.2, 0.25) is 0 Å². The summed E-state index contributed by atoms with van der Waals surface area (Å²) >= 11 is 0. The van der Waals surface area contributed by atoms with Crippen LogP contribution in [0.15, 0.2) is 0 Å². The van der Waals surface area contributed by atoms with Gasteiger partial charge in [-0.2, -0.15) is 0 Å². The molecule has 0 bridgehead atoms. The van der Waals surface area contributed by atoms with Gasteiger partial charge >= 0.3 is 0 Å². The highest BCUT2D eigenvalue weighted by molar-refractivity contribution is 4.69. The summed E-state index contributed by atoms with van der Waals surface area (Å²) in [6.45, 7) is 12.8. The lowest BCUT2D eigenvalue weighted by atomic mass is 9.90. The molecule has 0 atom stereocenters. The number of hydrogen-bond donors (Lipinski definition) is 2. The quantitative estimate of drug-likeness (QED) is 0.555. The van der Waals surface area contributed by atoms with E-state index >= 15 is 0 Å². The molecule has 18 heavy (non-hydrogen) atoms. The van der Waals surface area contributed by atoms with Crippen LogP contribution in [-0.4, -0.2) is 39.5 Å². The van der Waals surface area contributed by atoms with Crippen molar-refractivity contribution in [3.8, 4) is 0 Å². The molecule has 0 aromatic rings. The molecule has 4 nitrogen and oxygen atoms in total. The van der Waals surface area contributed by atoms with E-state index in [9.17, 15) is 0 Å². The third-order valence-electron chi connectivity index (χ3n) is 3.32. The van der Waals surface area contributed by atoms with Crippen molar-refractivity contribution >= 4 is 0 Å². The van der Waals surface area contributed by atoms with Gasteiger partial charge in [0.25, 0.3) is 0 Å². The average Bonchev–Trinajstić information content (AvgIpc) is 2.32. The van der Waals surface area contributed by atoms with Gasteiger partial charge in [0.05, 0.1) is 13.2 Å². The Morgan fingerprint density at radius 1 is 0.667 bits per heavy atom. The van der Waals surface area contributed by atoms with Crippen LogP contribution in [0.25, 0.3) is 0 Å². The summed E-state index contributed by atoms with van der Waals surface area (Å²) < 4.78 is 11.0. The Kier molecular flexibility index (Phi) is 8.78. The van der Waals surface area contributed by atoms with Crippen molar-refractivity contribution in [3.63, 3.8) is 0 Å². The zero-order chi connectivity index (χ0) is 14.1. The summed E-state index contributed by atoms with van der Waals surface area (Å²) in [5, 5.41) is 0. The molecule has 0 aliphatic rings. The molecule has 0 unspecified atom stereocenters. The topological polar surface area (TPSA) is 70.5 Å². The fraction of sp³-hybridized carbons (Fsp3) is 1.00. The SMILES string of the molecule is CC(C)(CN)CCOCCOCCC(C)(C)CN. The van der Waals surface area contributed by atoms with Gasteiger partial charge in [0.15, 0.2) is 0 Å². The molecule has 110 valence electrons.